The molecule has 1 heterocycles. The molecule has 0 saturated heterocycles. The summed E-state index contributed by atoms with van der Waals surface area (Å²) >= 11 is 11.9. The fourth-order valence-electron chi connectivity index (χ4n) is 3.45. The van der Waals surface area contributed by atoms with Crippen molar-refractivity contribution in [2.75, 3.05) is 27.9 Å². The number of methoxy groups -OCH3 is 3. The SMILES string of the molecule is COc1cc(-c2cc(=O)c3cc(OC(=O)COc4ccc(Cl)cc4Cl)ccc3o2)cc(OC)c1OC. The molecule has 0 aliphatic carbocycles. The zero-order chi connectivity index (χ0) is 25.8. The molecule has 0 fully saturated rings. The molecule has 0 unspecified atom stereocenters. The topological polar surface area (TPSA) is 93.4 Å². The van der Waals surface area contributed by atoms with Gasteiger partial charge in [0.2, 0.25) is 5.75 Å². The van der Waals surface area contributed by atoms with Gasteiger partial charge in [-0.05, 0) is 48.5 Å². The molecule has 0 aliphatic rings. The monoisotopic (exact) mass is 530 g/mol. The molecule has 0 atom stereocenters. The Hall–Kier alpha value is -3.88. The van der Waals surface area contributed by atoms with E-state index >= 15 is 0 Å². The molecular formula is C26H20Cl2O8. The average Bonchev–Trinajstić information content (AvgIpc) is 2.87. The Bertz CT molecular complexity index is 1470. The highest BCUT2D eigenvalue weighted by Gasteiger charge is 2.17. The standard InChI is InChI=1S/C26H20Cl2O8/c1-31-23-8-14(9-24(32-2)26(23)33-3)22-12-19(29)17-11-16(5-7-20(17)36-22)35-25(30)13-34-21-6-4-15(27)10-18(21)28/h4-12H,13H2,1-3H3. The lowest BCUT2D eigenvalue weighted by Crippen LogP contribution is -2.18. The Morgan fingerprint density at radius 3 is 2.22 bits per heavy atom. The summed E-state index contributed by atoms with van der Waals surface area (Å²) in [5.41, 5.74) is 0.523. The fraction of sp³-hybridized carbons (Fsp3) is 0.154. The van der Waals surface area contributed by atoms with Crippen molar-refractivity contribution >= 4 is 40.1 Å². The van der Waals surface area contributed by atoms with Crippen molar-refractivity contribution in [1.29, 1.82) is 0 Å². The van der Waals surface area contributed by atoms with Crippen LogP contribution in [0.1, 0.15) is 0 Å². The molecule has 0 saturated carbocycles. The van der Waals surface area contributed by atoms with Crippen LogP contribution in [0, 0.1) is 0 Å². The van der Waals surface area contributed by atoms with E-state index in [9.17, 15) is 9.59 Å². The maximum absolute atomic E-state index is 12.9. The second-order valence-corrected chi connectivity index (χ2v) is 8.23. The first-order valence-electron chi connectivity index (χ1n) is 10.5. The summed E-state index contributed by atoms with van der Waals surface area (Å²) in [5.74, 6) is 1.31. The minimum Gasteiger partial charge on any atom is -0.493 e. The number of esters is 1. The van der Waals surface area contributed by atoms with E-state index in [1.807, 2.05) is 0 Å². The van der Waals surface area contributed by atoms with Gasteiger partial charge in [0.05, 0.1) is 31.7 Å². The van der Waals surface area contributed by atoms with Crippen molar-refractivity contribution in [3.8, 4) is 40.1 Å². The van der Waals surface area contributed by atoms with Crippen molar-refractivity contribution in [3.63, 3.8) is 0 Å². The summed E-state index contributed by atoms with van der Waals surface area (Å²) in [6.45, 7) is -0.395. The van der Waals surface area contributed by atoms with E-state index in [2.05, 4.69) is 0 Å². The first kappa shape index (κ1) is 25.2. The van der Waals surface area contributed by atoms with E-state index < -0.39 is 12.6 Å². The fourth-order valence-corrected chi connectivity index (χ4v) is 3.92. The van der Waals surface area contributed by atoms with Crippen LogP contribution in [0.5, 0.6) is 28.7 Å². The first-order chi connectivity index (χ1) is 17.3. The van der Waals surface area contributed by atoms with E-state index in [1.165, 1.54) is 51.7 Å². The quantitative estimate of drug-likeness (QED) is 0.209. The van der Waals surface area contributed by atoms with Gasteiger partial charge in [-0.2, -0.15) is 0 Å². The number of carbonyl (C=O) groups is 1. The van der Waals surface area contributed by atoms with Crippen LogP contribution in [0.4, 0.5) is 0 Å². The number of fused-ring (bicyclic) bond motifs is 1. The van der Waals surface area contributed by atoms with Gasteiger partial charge in [-0.25, -0.2) is 4.79 Å². The lowest BCUT2D eigenvalue weighted by atomic mass is 10.1. The van der Waals surface area contributed by atoms with Crippen LogP contribution in [-0.2, 0) is 4.79 Å². The summed E-state index contributed by atoms with van der Waals surface area (Å²) in [7, 11) is 4.49. The minimum absolute atomic E-state index is 0.158. The predicted molar refractivity (Wildman–Crippen MR) is 135 cm³/mol. The lowest BCUT2D eigenvalue weighted by Gasteiger charge is -2.14. The molecule has 186 valence electrons. The molecule has 10 heteroatoms. The van der Waals surface area contributed by atoms with Crippen molar-refractivity contribution in [2.45, 2.75) is 0 Å². The number of benzene rings is 3. The molecule has 4 rings (SSSR count). The highest BCUT2D eigenvalue weighted by atomic mass is 35.5. The van der Waals surface area contributed by atoms with Gasteiger partial charge in [-0.1, -0.05) is 23.2 Å². The largest absolute Gasteiger partial charge is 0.493 e. The third kappa shape index (κ3) is 5.35. The minimum atomic E-state index is -0.682. The maximum Gasteiger partial charge on any atom is 0.349 e. The first-order valence-corrected chi connectivity index (χ1v) is 11.3. The van der Waals surface area contributed by atoms with E-state index in [4.69, 9.17) is 51.3 Å². The number of halogens is 2. The van der Waals surface area contributed by atoms with Crippen LogP contribution >= 0.6 is 23.2 Å². The van der Waals surface area contributed by atoms with Crippen molar-refractivity contribution in [1.82, 2.24) is 0 Å². The van der Waals surface area contributed by atoms with Gasteiger partial charge in [0, 0.05) is 16.7 Å². The van der Waals surface area contributed by atoms with Crippen LogP contribution in [0.25, 0.3) is 22.3 Å². The Kier molecular flexibility index (Phi) is 7.57. The number of hydrogen-bond acceptors (Lipinski definition) is 8. The Morgan fingerprint density at radius 1 is 0.861 bits per heavy atom. The van der Waals surface area contributed by atoms with Gasteiger partial charge >= 0.3 is 5.97 Å². The normalized spacial score (nSPS) is 10.7. The molecule has 0 bridgehead atoms. The zero-order valence-electron chi connectivity index (χ0n) is 19.4. The highest BCUT2D eigenvalue weighted by Crippen LogP contribution is 2.41. The van der Waals surface area contributed by atoms with Crippen molar-refractivity contribution in [2.24, 2.45) is 0 Å². The van der Waals surface area contributed by atoms with Gasteiger partial charge in [0.15, 0.2) is 23.5 Å². The second-order valence-electron chi connectivity index (χ2n) is 7.38. The average molecular weight is 531 g/mol. The van der Waals surface area contributed by atoms with Gasteiger partial charge in [-0.15, -0.1) is 0 Å². The summed E-state index contributed by atoms with van der Waals surface area (Å²) in [4.78, 5) is 25.1. The lowest BCUT2D eigenvalue weighted by molar-refractivity contribution is -0.136. The van der Waals surface area contributed by atoms with Gasteiger partial charge in [-0.3, -0.25) is 4.79 Å². The van der Waals surface area contributed by atoms with Crippen LogP contribution in [0.2, 0.25) is 10.0 Å². The third-order valence-corrected chi connectivity index (χ3v) is 5.65. The number of hydrogen-bond donors (Lipinski definition) is 0. The summed E-state index contributed by atoms with van der Waals surface area (Å²) in [6, 6.07) is 13.8. The Balaban J connectivity index is 1.56. The number of ether oxygens (including phenoxy) is 5. The molecule has 0 amide bonds. The molecule has 0 spiro atoms. The molecule has 36 heavy (non-hydrogen) atoms. The molecule has 8 nitrogen and oxygen atoms in total. The van der Waals surface area contributed by atoms with Crippen LogP contribution in [0.3, 0.4) is 0 Å². The van der Waals surface area contributed by atoms with E-state index in [0.717, 1.165) is 0 Å². The summed E-state index contributed by atoms with van der Waals surface area (Å²) < 4.78 is 32.7. The van der Waals surface area contributed by atoms with Crippen LogP contribution < -0.4 is 29.1 Å². The van der Waals surface area contributed by atoms with Crippen molar-refractivity contribution < 1.29 is 32.9 Å². The van der Waals surface area contributed by atoms with Crippen LogP contribution in [0.15, 0.2) is 63.8 Å². The van der Waals surface area contributed by atoms with E-state index in [-0.39, 0.29) is 27.3 Å². The maximum atomic E-state index is 12.9. The molecule has 0 N–H and O–H groups in total. The molecular weight excluding hydrogens is 511 g/mol. The smallest absolute Gasteiger partial charge is 0.349 e. The predicted octanol–water partition coefficient (Wildman–Crippen LogP) is 5.78. The van der Waals surface area contributed by atoms with Crippen molar-refractivity contribution in [3.05, 3.63) is 74.9 Å². The third-order valence-electron chi connectivity index (χ3n) is 5.12. The summed E-state index contributed by atoms with van der Waals surface area (Å²) in [6.07, 6.45) is 0. The summed E-state index contributed by atoms with van der Waals surface area (Å²) in [5, 5.41) is 0.943. The van der Waals surface area contributed by atoms with E-state index in [1.54, 1.807) is 24.3 Å². The molecule has 1 aromatic heterocycles. The van der Waals surface area contributed by atoms with Gasteiger partial charge in [0.25, 0.3) is 0 Å². The highest BCUT2D eigenvalue weighted by molar-refractivity contribution is 6.35. The Labute approximate surface area is 215 Å². The zero-order valence-corrected chi connectivity index (χ0v) is 20.9. The molecule has 0 radical (unpaired) electrons. The molecule has 0 aliphatic heterocycles. The van der Waals surface area contributed by atoms with E-state index in [0.29, 0.717) is 39.2 Å². The number of rotatable bonds is 8. The molecule has 4 aromatic rings. The van der Waals surface area contributed by atoms with Gasteiger partial charge in [0.1, 0.15) is 22.8 Å². The van der Waals surface area contributed by atoms with Crippen LogP contribution in [-0.4, -0.2) is 33.9 Å². The number of carbonyl (C=O) groups excluding carboxylic acids is 1. The Morgan fingerprint density at radius 2 is 1.58 bits per heavy atom. The second kappa shape index (κ2) is 10.8. The van der Waals surface area contributed by atoms with Gasteiger partial charge < -0.3 is 28.1 Å². The molecule has 3 aromatic carbocycles.